The molecule has 0 bridgehead atoms. The van der Waals surface area contributed by atoms with Crippen LogP contribution in [0.2, 0.25) is 0 Å². The average Bonchev–Trinajstić information content (AvgIpc) is 2.72. The lowest BCUT2D eigenvalue weighted by Gasteiger charge is -2.12. The molecule has 0 saturated heterocycles. The molecule has 1 aromatic carbocycles. The van der Waals surface area contributed by atoms with E-state index in [1.54, 1.807) is 43.6 Å². The molecule has 11 heteroatoms. The zero-order chi connectivity index (χ0) is 22.3. The number of amides is 1. The zero-order valence-electron chi connectivity index (χ0n) is 17.1. The molecule has 0 aliphatic carbocycles. The summed E-state index contributed by atoms with van der Waals surface area (Å²) in [5.41, 5.74) is 1.88. The van der Waals surface area contributed by atoms with Gasteiger partial charge >= 0.3 is 0 Å². The normalized spacial score (nSPS) is 11.0. The lowest BCUT2D eigenvalue weighted by atomic mass is 10.2. The number of sulfonamides is 1. The van der Waals surface area contributed by atoms with Gasteiger partial charge in [0.05, 0.1) is 16.8 Å². The van der Waals surface area contributed by atoms with Gasteiger partial charge in [-0.25, -0.2) is 13.1 Å². The fourth-order valence-corrected chi connectivity index (χ4v) is 4.02. The van der Waals surface area contributed by atoms with E-state index in [0.717, 1.165) is 5.69 Å². The Balaban J connectivity index is 1.50. The van der Waals surface area contributed by atoms with Crippen LogP contribution in [0.15, 0.2) is 59.8 Å². The molecule has 162 valence electrons. The van der Waals surface area contributed by atoms with Gasteiger partial charge in [-0.1, -0.05) is 0 Å². The second-order valence-corrected chi connectivity index (χ2v) is 8.39. The Hall–Kier alpha value is -3.57. The maximum atomic E-state index is 12.5. The smallest absolute Gasteiger partial charge is 0.240 e. The van der Waals surface area contributed by atoms with Gasteiger partial charge in [0, 0.05) is 31.9 Å². The molecular formula is C20H23N7O3S. The van der Waals surface area contributed by atoms with E-state index in [2.05, 4.69) is 35.9 Å². The van der Waals surface area contributed by atoms with Crippen LogP contribution in [0.4, 0.5) is 23.0 Å². The number of nitrogens with one attached hydrogen (secondary N) is 4. The predicted molar refractivity (Wildman–Crippen MR) is 119 cm³/mol. The van der Waals surface area contributed by atoms with Crippen LogP contribution >= 0.6 is 0 Å². The fourth-order valence-electron chi connectivity index (χ4n) is 2.76. The highest BCUT2D eigenvalue weighted by Gasteiger charge is 2.16. The Morgan fingerprint density at radius 3 is 2.42 bits per heavy atom. The average molecular weight is 442 g/mol. The maximum absolute atomic E-state index is 12.5. The molecule has 4 N–H and O–H groups in total. The molecular weight excluding hydrogens is 418 g/mol. The number of hydrogen-bond donors (Lipinski definition) is 4. The summed E-state index contributed by atoms with van der Waals surface area (Å²) in [6.07, 6.45) is 3.36. The Morgan fingerprint density at radius 2 is 1.77 bits per heavy atom. The van der Waals surface area contributed by atoms with Crippen LogP contribution in [-0.2, 0) is 14.8 Å². The largest absolute Gasteiger partial charge is 0.367 e. The van der Waals surface area contributed by atoms with Gasteiger partial charge in [-0.15, -0.1) is 10.2 Å². The number of aromatic nitrogens is 3. The van der Waals surface area contributed by atoms with Crippen LogP contribution in [0.5, 0.6) is 0 Å². The summed E-state index contributed by atoms with van der Waals surface area (Å²) in [5, 5.41) is 16.8. The molecule has 0 aliphatic heterocycles. The van der Waals surface area contributed by atoms with Gasteiger partial charge in [-0.2, -0.15) is 0 Å². The van der Waals surface area contributed by atoms with Crippen molar-refractivity contribution >= 4 is 38.9 Å². The predicted octanol–water partition coefficient (Wildman–Crippen LogP) is 2.27. The van der Waals surface area contributed by atoms with E-state index in [-0.39, 0.29) is 17.3 Å². The topological polar surface area (TPSA) is 138 Å². The maximum Gasteiger partial charge on any atom is 0.240 e. The monoisotopic (exact) mass is 441 g/mol. The van der Waals surface area contributed by atoms with Gasteiger partial charge < -0.3 is 16.0 Å². The molecule has 31 heavy (non-hydrogen) atoms. The van der Waals surface area contributed by atoms with Crippen molar-refractivity contribution in [1.82, 2.24) is 19.9 Å². The highest BCUT2D eigenvalue weighted by molar-refractivity contribution is 7.89. The summed E-state index contributed by atoms with van der Waals surface area (Å²) in [6, 6.07) is 11.8. The van der Waals surface area contributed by atoms with Gasteiger partial charge in [0.15, 0.2) is 5.82 Å². The number of benzene rings is 1. The number of aryl methyl sites for hydroxylation is 1. The van der Waals surface area contributed by atoms with Gasteiger partial charge in [-0.3, -0.25) is 9.78 Å². The number of pyridine rings is 1. The highest BCUT2D eigenvalue weighted by atomic mass is 32.2. The summed E-state index contributed by atoms with van der Waals surface area (Å²) in [6.45, 7) is 3.55. The number of nitrogens with zero attached hydrogens (tertiary/aromatic N) is 3. The van der Waals surface area contributed by atoms with Gasteiger partial charge in [0.1, 0.15) is 5.82 Å². The molecule has 10 nitrogen and oxygen atoms in total. The van der Waals surface area contributed by atoms with Crippen molar-refractivity contribution < 1.29 is 13.2 Å². The summed E-state index contributed by atoms with van der Waals surface area (Å²) in [7, 11) is -3.69. The van der Waals surface area contributed by atoms with Crippen molar-refractivity contribution in [3.8, 4) is 0 Å². The molecule has 0 atom stereocenters. The van der Waals surface area contributed by atoms with Gasteiger partial charge in [-0.05, 0) is 55.0 Å². The second kappa shape index (κ2) is 9.96. The molecule has 3 aromatic rings. The molecule has 2 aromatic heterocycles. The van der Waals surface area contributed by atoms with E-state index in [1.165, 1.54) is 13.0 Å². The van der Waals surface area contributed by atoms with Crippen molar-refractivity contribution in [3.63, 3.8) is 0 Å². The Kier molecular flexibility index (Phi) is 7.11. The molecule has 0 aliphatic rings. The number of hydrogen-bond acceptors (Lipinski definition) is 8. The van der Waals surface area contributed by atoms with E-state index in [4.69, 9.17) is 0 Å². The quantitative estimate of drug-likeness (QED) is 0.371. The molecule has 1 amide bonds. The van der Waals surface area contributed by atoms with Crippen LogP contribution in [0.1, 0.15) is 12.5 Å². The number of carbonyl (C=O) groups excluding carboxylic acids is 1. The standard InChI is InChI=1S/C20H23N7O3S/c1-14-12-16(24-15(2)28)5-6-18(14)31(29,30)23-11-10-22-19-7-8-20(27-26-19)25-17-4-3-9-21-13-17/h3-9,12-13,23H,10-11H2,1-2H3,(H,22,26)(H,24,28)(H,25,27). The summed E-state index contributed by atoms with van der Waals surface area (Å²) in [4.78, 5) is 15.3. The van der Waals surface area contributed by atoms with Crippen molar-refractivity contribution in [2.75, 3.05) is 29.0 Å². The summed E-state index contributed by atoms with van der Waals surface area (Å²) in [5.74, 6) is 0.868. The molecule has 0 spiro atoms. The van der Waals surface area contributed by atoms with Crippen molar-refractivity contribution in [2.45, 2.75) is 18.7 Å². The van der Waals surface area contributed by atoms with E-state index in [9.17, 15) is 13.2 Å². The lowest BCUT2D eigenvalue weighted by molar-refractivity contribution is -0.114. The van der Waals surface area contributed by atoms with Crippen LogP contribution in [0.25, 0.3) is 0 Å². The number of rotatable bonds is 9. The van der Waals surface area contributed by atoms with Crippen LogP contribution in [0, 0.1) is 6.92 Å². The Bertz CT molecular complexity index is 1140. The number of anilines is 4. The first-order chi connectivity index (χ1) is 14.8. The minimum absolute atomic E-state index is 0.159. The second-order valence-electron chi connectivity index (χ2n) is 6.66. The SMILES string of the molecule is CC(=O)Nc1ccc(S(=O)(=O)NCCNc2ccc(Nc3cccnc3)nn2)c(C)c1. The highest BCUT2D eigenvalue weighted by Crippen LogP contribution is 2.19. The summed E-state index contributed by atoms with van der Waals surface area (Å²) < 4.78 is 27.6. The first-order valence-corrected chi connectivity index (χ1v) is 10.9. The molecule has 0 fully saturated rings. The van der Waals surface area contributed by atoms with Crippen LogP contribution in [0.3, 0.4) is 0 Å². The van der Waals surface area contributed by atoms with Gasteiger partial charge in [0.2, 0.25) is 15.9 Å². The van der Waals surface area contributed by atoms with Gasteiger partial charge in [0.25, 0.3) is 0 Å². The lowest BCUT2D eigenvalue weighted by Crippen LogP contribution is -2.29. The summed E-state index contributed by atoms with van der Waals surface area (Å²) >= 11 is 0. The van der Waals surface area contributed by atoms with E-state index < -0.39 is 10.0 Å². The minimum Gasteiger partial charge on any atom is -0.367 e. The Morgan fingerprint density at radius 1 is 1.00 bits per heavy atom. The fraction of sp³-hybridized carbons (Fsp3) is 0.200. The van der Waals surface area contributed by atoms with E-state index in [1.807, 2.05) is 12.1 Å². The third kappa shape index (κ3) is 6.46. The first-order valence-electron chi connectivity index (χ1n) is 9.46. The molecule has 0 radical (unpaired) electrons. The van der Waals surface area contributed by atoms with Crippen molar-refractivity contribution in [3.05, 3.63) is 60.4 Å². The first kappa shape index (κ1) is 22.1. The third-order valence-corrected chi connectivity index (χ3v) is 5.73. The minimum atomic E-state index is -3.69. The third-order valence-electron chi connectivity index (χ3n) is 4.11. The van der Waals surface area contributed by atoms with E-state index in [0.29, 0.717) is 29.4 Å². The molecule has 3 rings (SSSR count). The molecule has 2 heterocycles. The van der Waals surface area contributed by atoms with Crippen molar-refractivity contribution in [1.29, 1.82) is 0 Å². The molecule has 0 unspecified atom stereocenters. The number of carbonyl (C=O) groups is 1. The Labute approximate surface area is 180 Å². The molecule has 0 saturated carbocycles. The van der Waals surface area contributed by atoms with Crippen LogP contribution in [-0.4, -0.2) is 42.6 Å². The zero-order valence-corrected chi connectivity index (χ0v) is 17.9. The van der Waals surface area contributed by atoms with Crippen LogP contribution < -0.4 is 20.7 Å². The van der Waals surface area contributed by atoms with Crippen molar-refractivity contribution in [2.24, 2.45) is 0 Å². The van der Waals surface area contributed by atoms with E-state index >= 15 is 0 Å².